The molecule has 0 saturated carbocycles. The van der Waals surface area contributed by atoms with E-state index in [1.807, 2.05) is 32.9 Å². The van der Waals surface area contributed by atoms with Gasteiger partial charge in [-0.25, -0.2) is 4.79 Å². The number of amides is 1. The Hall–Kier alpha value is -1.43. The molecular formula is C15H21BrN2O3. The van der Waals surface area contributed by atoms with E-state index in [1.165, 1.54) is 0 Å². The van der Waals surface area contributed by atoms with Crippen LogP contribution in [0.25, 0.3) is 0 Å². The number of anilines is 1. The fraction of sp³-hybridized carbons (Fsp3) is 0.533. The van der Waals surface area contributed by atoms with Gasteiger partial charge in [-0.2, -0.15) is 0 Å². The van der Waals surface area contributed by atoms with E-state index in [1.54, 1.807) is 11.0 Å². The highest BCUT2D eigenvalue weighted by molar-refractivity contribution is 9.10. The average Bonchev–Trinajstić information content (AvgIpc) is 2.37. The lowest BCUT2D eigenvalue weighted by molar-refractivity contribution is 0.0240. The molecule has 1 aliphatic heterocycles. The minimum Gasteiger partial charge on any atom is -0.506 e. The van der Waals surface area contributed by atoms with Crippen molar-refractivity contribution < 1.29 is 14.6 Å². The summed E-state index contributed by atoms with van der Waals surface area (Å²) in [5, 5.41) is 9.99. The second kappa shape index (κ2) is 6.13. The lowest BCUT2D eigenvalue weighted by atomic mass is 10.2. The van der Waals surface area contributed by atoms with Crippen molar-refractivity contribution in [3.8, 4) is 5.75 Å². The number of nitrogens with zero attached hydrogens (tertiary/aromatic N) is 2. The molecule has 0 aromatic heterocycles. The molecule has 2 rings (SSSR count). The van der Waals surface area contributed by atoms with Gasteiger partial charge in [0, 0.05) is 30.7 Å². The number of carbonyl (C=O) groups excluding carboxylic acids is 1. The van der Waals surface area contributed by atoms with Crippen LogP contribution in [-0.2, 0) is 4.74 Å². The number of benzene rings is 1. The van der Waals surface area contributed by atoms with Crippen LogP contribution in [0.2, 0.25) is 0 Å². The van der Waals surface area contributed by atoms with Crippen LogP contribution in [0, 0.1) is 0 Å². The Morgan fingerprint density at radius 2 is 1.86 bits per heavy atom. The predicted octanol–water partition coefficient (Wildman–Crippen LogP) is 3.21. The third-order valence-electron chi connectivity index (χ3n) is 3.21. The summed E-state index contributed by atoms with van der Waals surface area (Å²) in [7, 11) is 0. The number of hydrogen-bond acceptors (Lipinski definition) is 4. The van der Waals surface area contributed by atoms with E-state index >= 15 is 0 Å². The first-order valence-electron chi connectivity index (χ1n) is 6.98. The van der Waals surface area contributed by atoms with Crippen molar-refractivity contribution in [2.24, 2.45) is 0 Å². The Labute approximate surface area is 133 Å². The standard InChI is InChI=1S/C15H21BrN2O3/c1-15(2,3)21-14(20)18-8-6-17(7-9-18)12-5-4-11(16)10-13(12)19/h4-5,10,19H,6-9H2,1-3H3. The summed E-state index contributed by atoms with van der Waals surface area (Å²) in [4.78, 5) is 15.8. The fourth-order valence-electron chi connectivity index (χ4n) is 2.22. The molecular weight excluding hydrogens is 336 g/mol. The number of aromatic hydroxyl groups is 1. The Balaban J connectivity index is 1.95. The molecule has 1 fully saturated rings. The molecule has 1 N–H and O–H groups in total. The maximum Gasteiger partial charge on any atom is 0.410 e. The Morgan fingerprint density at radius 1 is 1.24 bits per heavy atom. The van der Waals surface area contributed by atoms with Crippen molar-refractivity contribution in [3.05, 3.63) is 22.7 Å². The van der Waals surface area contributed by atoms with Crippen LogP contribution >= 0.6 is 15.9 Å². The summed E-state index contributed by atoms with van der Waals surface area (Å²) in [5.41, 5.74) is 0.320. The third-order valence-corrected chi connectivity index (χ3v) is 3.70. The predicted molar refractivity (Wildman–Crippen MR) is 85.8 cm³/mol. The first kappa shape index (κ1) is 15.9. The highest BCUT2D eigenvalue weighted by Gasteiger charge is 2.26. The molecule has 0 spiro atoms. The second-order valence-corrected chi connectivity index (χ2v) is 7.00. The van der Waals surface area contributed by atoms with E-state index in [9.17, 15) is 9.90 Å². The minimum absolute atomic E-state index is 0.245. The zero-order valence-electron chi connectivity index (χ0n) is 12.6. The summed E-state index contributed by atoms with van der Waals surface area (Å²) >= 11 is 3.33. The van der Waals surface area contributed by atoms with Crippen LogP contribution in [-0.4, -0.2) is 47.9 Å². The molecule has 1 aromatic rings. The molecule has 0 radical (unpaired) electrons. The van der Waals surface area contributed by atoms with E-state index in [2.05, 4.69) is 20.8 Å². The maximum absolute atomic E-state index is 12.0. The van der Waals surface area contributed by atoms with E-state index in [4.69, 9.17) is 4.74 Å². The quantitative estimate of drug-likeness (QED) is 0.839. The van der Waals surface area contributed by atoms with Gasteiger partial charge < -0.3 is 19.6 Å². The first-order valence-corrected chi connectivity index (χ1v) is 7.77. The molecule has 116 valence electrons. The second-order valence-electron chi connectivity index (χ2n) is 6.09. The molecule has 1 aromatic carbocycles. The number of rotatable bonds is 1. The van der Waals surface area contributed by atoms with Gasteiger partial charge in [0.05, 0.1) is 5.69 Å². The van der Waals surface area contributed by atoms with Gasteiger partial charge in [-0.15, -0.1) is 0 Å². The highest BCUT2D eigenvalue weighted by atomic mass is 79.9. The molecule has 0 unspecified atom stereocenters. The van der Waals surface area contributed by atoms with Gasteiger partial charge in [0.2, 0.25) is 0 Å². The lowest BCUT2D eigenvalue weighted by Crippen LogP contribution is -2.50. The highest BCUT2D eigenvalue weighted by Crippen LogP contribution is 2.31. The molecule has 21 heavy (non-hydrogen) atoms. The summed E-state index contributed by atoms with van der Waals surface area (Å²) in [6.45, 7) is 8.11. The Bertz CT molecular complexity index is 520. The zero-order chi connectivity index (χ0) is 15.6. The molecule has 1 amide bonds. The van der Waals surface area contributed by atoms with E-state index in [-0.39, 0.29) is 11.8 Å². The lowest BCUT2D eigenvalue weighted by Gasteiger charge is -2.36. The van der Waals surface area contributed by atoms with Crippen LogP contribution in [0.4, 0.5) is 10.5 Å². The van der Waals surface area contributed by atoms with Gasteiger partial charge in [0.1, 0.15) is 11.4 Å². The number of ether oxygens (including phenoxy) is 1. The maximum atomic E-state index is 12.0. The topological polar surface area (TPSA) is 53.0 Å². The van der Waals surface area contributed by atoms with Gasteiger partial charge >= 0.3 is 6.09 Å². The van der Waals surface area contributed by atoms with Gasteiger partial charge in [0.15, 0.2) is 0 Å². The molecule has 1 saturated heterocycles. The van der Waals surface area contributed by atoms with Crippen molar-refractivity contribution in [3.63, 3.8) is 0 Å². The van der Waals surface area contributed by atoms with E-state index < -0.39 is 5.60 Å². The monoisotopic (exact) mass is 356 g/mol. The van der Waals surface area contributed by atoms with Crippen LogP contribution in [0.1, 0.15) is 20.8 Å². The van der Waals surface area contributed by atoms with Crippen molar-refractivity contribution in [1.29, 1.82) is 0 Å². The van der Waals surface area contributed by atoms with Crippen LogP contribution < -0.4 is 4.90 Å². The number of halogens is 1. The molecule has 0 aliphatic carbocycles. The van der Waals surface area contributed by atoms with Gasteiger partial charge in [-0.1, -0.05) is 15.9 Å². The average molecular weight is 357 g/mol. The Morgan fingerprint density at radius 3 is 2.38 bits per heavy atom. The van der Waals surface area contributed by atoms with Gasteiger partial charge in [-0.3, -0.25) is 0 Å². The minimum atomic E-state index is -0.474. The van der Waals surface area contributed by atoms with Gasteiger partial charge in [-0.05, 0) is 39.0 Å². The largest absolute Gasteiger partial charge is 0.506 e. The molecule has 6 heteroatoms. The number of carbonyl (C=O) groups is 1. The molecule has 5 nitrogen and oxygen atoms in total. The summed E-state index contributed by atoms with van der Waals surface area (Å²) in [5.74, 6) is 0.245. The number of phenols is 1. The molecule has 0 atom stereocenters. The van der Waals surface area contributed by atoms with Gasteiger partial charge in [0.25, 0.3) is 0 Å². The summed E-state index contributed by atoms with van der Waals surface area (Å²) in [6, 6.07) is 5.45. The summed E-state index contributed by atoms with van der Waals surface area (Å²) < 4.78 is 6.21. The smallest absolute Gasteiger partial charge is 0.410 e. The van der Waals surface area contributed by atoms with Crippen molar-refractivity contribution >= 4 is 27.7 Å². The van der Waals surface area contributed by atoms with Crippen LogP contribution in [0.5, 0.6) is 5.75 Å². The number of hydrogen-bond donors (Lipinski definition) is 1. The first-order chi connectivity index (χ1) is 9.76. The fourth-order valence-corrected chi connectivity index (χ4v) is 2.57. The van der Waals surface area contributed by atoms with Crippen molar-refractivity contribution in [2.45, 2.75) is 26.4 Å². The molecule has 1 heterocycles. The SMILES string of the molecule is CC(C)(C)OC(=O)N1CCN(c2ccc(Br)cc2O)CC1. The van der Waals surface area contributed by atoms with Crippen LogP contribution in [0.3, 0.4) is 0 Å². The van der Waals surface area contributed by atoms with Crippen molar-refractivity contribution in [2.75, 3.05) is 31.1 Å². The third kappa shape index (κ3) is 4.27. The molecule has 0 bridgehead atoms. The van der Waals surface area contributed by atoms with E-state index in [0.29, 0.717) is 26.2 Å². The Kier molecular flexibility index (Phi) is 4.66. The van der Waals surface area contributed by atoms with Crippen molar-refractivity contribution in [1.82, 2.24) is 4.90 Å². The number of phenolic OH excluding ortho intramolecular Hbond substituents is 1. The zero-order valence-corrected chi connectivity index (χ0v) is 14.2. The summed E-state index contributed by atoms with van der Waals surface area (Å²) in [6.07, 6.45) is -0.276. The van der Waals surface area contributed by atoms with Crippen LogP contribution in [0.15, 0.2) is 22.7 Å². The number of piperazine rings is 1. The van der Waals surface area contributed by atoms with E-state index in [0.717, 1.165) is 10.2 Å². The molecule has 1 aliphatic rings. The normalized spacial score (nSPS) is 16.0.